The predicted octanol–water partition coefficient (Wildman–Crippen LogP) is 1.99. The number of nitrogens with one attached hydrogen (secondary N) is 2. The first-order valence-corrected chi connectivity index (χ1v) is 5.42. The lowest BCUT2D eigenvalue weighted by Crippen LogP contribution is -2.23. The van der Waals surface area contributed by atoms with Crippen LogP contribution in [0.15, 0.2) is 36.5 Å². The molecule has 2 rings (SSSR count). The molecule has 0 saturated heterocycles. The Morgan fingerprint density at radius 3 is 2.63 bits per heavy atom. The van der Waals surface area contributed by atoms with Gasteiger partial charge in [0.1, 0.15) is 11.5 Å². The smallest absolute Gasteiger partial charge is 0.287 e. The number of H-pyrrole nitrogens is 1. The number of rotatable bonds is 4. The Labute approximate surface area is 107 Å². The van der Waals surface area contributed by atoms with Crippen molar-refractivity contribution in [2.75, 3.05) is 0 Å². The van der Waals surface area contributed by atoms with Gasteiger partial charge in [-0.25, -0.2) is 4.39 Å². The molecular weight excluding hydrogens is 253 g/mol. The molecule has 19 heavy (non-hydrogen) atoms. The average molecular weight is 263 g/mol. The number of benzene rings is 1. The molecule has 0 fully saturated rings. The molecule has 0 bridgehead atoms. The highest BCUT2D eigenvalue weighted by atomic mass is 19.1. The molecule has 1 aromatic heterocycles. The van der Waals surface area contributed by atoms with Crippen LogP contribution in [0.25, 0.3) is 0 Å². The van der Waals surface area contributed by atoms with Crippen LogP contribution in [-0.2, 0) is 6.54 Å². The highest BCUT2D eigenvalue weighted by Crippen LogP contribution is 2.12. The minimum atomic E-state index is -0.590. The van der Waals surface area contributed by atoms with Crippen molar-refractivity contribution in [3.8, 4) is 0 Å². The number of carbonyl (C=O) groups excluding carboxylic acids is 1. The van der Waals surface area contributed by atoms with Crippen molar-refractivity contribution in [1.82, 2.24) is 10.3 Å². The molecule has 1 aromatic carbocycles. The molecule has 98 valence electrons. The number of hydrogen-bond donors (Lipinski definition) is 2. The molecule has 0 atom stereocenters. The van der Waals surface area contributed by atoms with Crippen molar-refractivity contribution < 1.29 is 14.1 Å². The summed E-state index contributed by atoms with van der Waals surface area (Å²) < 4.78 is 12.7. The van der Waals surface area contributed by atoms with Crippen molar-refractivity contribution in [1.29, 1.82) is 0 Å². The number of aromatic amines is 1. The van der Waals surface area contributed by atoms with Gasteiger partial charge in [0, 0.05) is 12.6 Å². The average Bonchev–Trinajstić information content (AvgIpc) is 2.87. The molecule has 1 heterocycles. The first-order chi connectivity index (χ1) is 9.06. The molecule has 0 aliphatic rings. The second kappa shape index (κ2) is 5.30. The summed E-state index contributed by atoms with van der Waals surface area (Å²) in [5, 5.41) is 13.0. The molecule has 0 aliphatic carbocycles. The zero-order valence-corrected chi connectivity index (χ0v) is 9.72. The minimum Gasteiger partial charge on any atom is -0.351 e. The van der Waals surface area contributed by atoms with E-state index in [1.54, 1.807) is 12.1 Å². The Bertz CT molecular complexity index is 607. The summed E-state index contributed by atoms with van der Waals surface area (Å²) >= 11 is 0. The van der Waals surface area contributed by atoms with Gasteiger partial charge in [-0.05, 0) is 17.7 Å². The molecule has 0 saturated carbocycles. The van der Waals surface area contributed by atoms with Crippen LogP contribution >= 0.6 is 0 Å². The first-order valence-electron chi connectivity index (χ1n) is 5.42. The molecule has 2 N–H and O–H groups in total. The van der Waals surface area contributed by atoms with Gasteiger partial charge in [-0.2, -0.15) is 0 Å². The third kappa shape index (κ3) is 3.15. The van der Waals surface area contributed by atoms with Crippen molar-refractivity contribution in [2.45, 2.75) is 6.54 Å². The lowest BCUT2D eigenvalue weighted by Gasteiger charge is -2.03. The lowest BCUT2D eigenvalue weighted by molar-refractivity contribution is -0.384. The third-order valence-corrected chi connectivity index (χ3v) is 2.49. The van der Waals surface area contributed by atoms with Crippen molar-refractivity contribution >= 4 is 11.6 Å². The quantitative estimate of drug-likeness (QED) is 0.653. The van der Waals surface area contributed by atoms with Crippen LogP contribution in [-0.4, -0.2) is 15.8 Å². The fraction of sp³-hybridized carbons (Fsp3) is 0.0833. The van der Waals surface area contributed by atoms with E-state index in [4.69, 9.17) is 0 Å². The highest BCUT2D eigenvalue weighted by molar-refractivity contribution is 5.93. The third-order valence-electron chi connectivity index (χ3n) is 2.49. The largest absolute Gasteiger partial charge is 0.351 e. The van der Waals surface area contributed by atoms with Crippen molar-refractivity contribution in [2.24, 2.45) is 0 Å². The van der Waals surface area contributed by atoms with Crippen LogP contribution in [0.5, 0.6) is 0 Å². The second-order valence-corrected chi connectivity index (χ2v) is 3.84. The minimum absolute atomic E-state index is 0.105. The number of hydrogen-bond acceptors (Lipinski definition) is 3. The van der Waals surface area contributed by atoms with Crippen LogP contribution < -0.4 is 5.32 Å². The maximum absolute atomic E-state index is 12.7. The Morgan fingerprint density at radius 1 is 1.37 bits per heavy atom. The number of aromatic nitrogens is 1. The van der Waals surface area contributed by atoms with Gasteiger partial charge in [-0.15, -0.1) is 0 Å². The van der Waals surface area contributed by atoms with Crippen LogP contribution in [0.3, 0.4) is 0 Å². The maximum Gasteiger partial charge on any atom is 0.287 e. The highest BCUT2D eigenvalue weighted by Gasteiger charge is 2.13. The van der Waals surface area contributed by atoms with E-state index in [0.29, 0.717) is 0 Å². The summed E-state index contributed by atoms with van der Waals surface area (Å²) in [4.78, 5) is 24.1. The predicted molar refractivity (Wildman–Crippen MR) is 65.0 cm³/mol. The second-order valence-electron chi connectivity index (χ2n) is 3.84. The fourth-order valence-electron chi connectivity index (χ4n) is 1.50. The summed E-state index contributed by atoms with van der Waals surface area (Å²) in [6.45, 7) is 0.214. The van der Waals surface area contributed by atoms with Gasteiger partial charge in [0.05, 0.1) is 11.1 Å². The molecule has 0 unspecified atom stereocenters. The molecule has 7 heteroatoms. The van der Waals surface area contributed by atoms with E-state index in [9.17, 15) is 19.3 Å². The molecular formula is C12H10FN3O3. The number of nitro groups is 1. The summed E-state index contributed by atoms with van der Waals surface area (Å²) in [6, 6.07) is 6.83. The summed E-state index contributed by atoms with van der Waals surface area (Å²) in [7, 11) is 0. The fourth-order valence-corrected chi connectivity index (χ4v) is 1.50. The zero-order chi connectivity index (χ0) is 13.8. The monoisotopic (exact) mass is 263 g/mol. The van der Waals surface area contributed by atoms with Gasteiger partial charge in [0.25, 0.3) is 11.6 Å². The molecule has 0 radical (unpaired) electrons. The molecule has 6 nitrogen and oxygen atoms in total. The summed E-state index contributed by atoms with van der Waals surface area (Å²) in [6.07, 6.45) is 1.15. The van der Waals surface area contributed by atoms with Gasteiger partial charge >= 0.3 is 0 Å². The van der Waals surface area contributed by atoms with Gasteiger partial charge < -0.3 is 10.3 Å². The Balaban J connectivity index is 1.97. The van der Waals surface area contributed by atoms with Gasteiger partial charge in [-0.3, -0.25) is 14.9 Å². The Morgan fingerprint density at radius 2 is 2.05 bits per heavy atom. The first kappa shape index (κ1) is 12.7. The number of halogens is 1. The molecule has 1 amide bonds. The van der Waals surface area contributed by atoms with E-state index in [-0.39, 0.29) is 23.7 Å². The maximum atomic E-state index is 12.7. The Kier molecular flexibility index (Phi) is 3.56. The molecule has 0 spiro atoms. The number of nitrogens with zero attached hydrogens (tertiary/aromatic N) is 1. The van der Waals surface area contributed by atoms with Crippen LogP contribution in [0.2, 0.25) is 0 Å². The standard InChI is InChI=1S/C12H10FN3O3/c13-9-3-1-8(2-4-9)6-15-12(17)11-5-10(7-14-11)16(18)19/h1-5,7,14H,6H2,(H,15,17). The Hall–Kier alpha value is -2.70. The van der Waals surface area contributed by atoms with Crippen molar-refractivity contribution in [3.05, 3.63) is 63.7 Å². The molecule has 2 aromatic rings. The van der Waals surface area contributed by atoms with E-state index in [0.717, 1.165) is 17.8 Å². The van der Waals surface area contributed by atoms with Gasteiger partial charge in [-0.1, -0.05) is 12.1 Å². The van der Waals surface area contributed by atoms with Crippen LogP contribution in [0.4, 0.5) is 10.1 Å². The van der Waals surface area contributed by atoms with Gasteiger partial charge in [0.2, 0.25) is 0 Å². The van der Waals surface area contributed by atoms with E-state index >= 15 is 0 Å². The number of amides is 1. The van der Waals surface area contributed by atoms with E-state index in [1.165, 1.54) is 12.1 Å². The van der Waals surface area contributed by atoms with Crippen LogP contribution in [0.1, 0.15) is 16.1 Å². The molecule has 0 aliphatic heterocycles. The summed E-state index contributed by atoms with van der Waals surface area (Å²) in [5.41, 5.74) is 0.663. The normalized spacial score (nSPS) is 10.2. The van der Waals surface area contributed by atoms with Crippen LogP contribution in [0, 0.1) is 15.9 Å². The van der Waals surface area contributed by atoms with Gasteiger partial charge in [0.15, 0.2) is 0 Å². The number of carbonyl (C=O) groups is 1. The zero-order valence-electron chi connectivity index (χ0n) is 9.72. The summed E-state index contributed by atoms with van der Waals surface area (Å²) in [5.74, 6) is -0.813. The van der Waals surface area contributed by atoms with E-state index < -0.39 is 10.8 Å². The van der Waals surface area contributed by atoms with E-state index in [2.05, 4.69) is 10.3 Å². The topological polar surface area (TPSA) is 88.0 Å². The lowest BCUT2D eigenvalue weighted by atomic mass is 10.2. The van der Waals surface area contributed by atoms with E-state index in [1.807, 2.05) is 0 Å². The SMILES string of the molecule is O=C(NCc1ccc(F)cc1)c1cc([N+](=O)[O-])c[nH]1. The van der Waals surface area contributed by atoms with Crippen molar-refractivity contribution in [3.63, 3.8) is 0 Å².